The Morgan fingerprint density at radius 2 is 1.71 bits per heavy atom. The second kappa shape index (κ2) is 6.19. The Morgan fingerprint density at radius 1 is 1.12 bits per heavy atom. The molecule has 0 aromatic carbocycles. The summed E-state index contributed by atoms with van der Waals surface area (Å²) in [4.78, 5) is 2.43. The van der Waals surface area contributed by atoms with Gasteiger partial charge in [-0.15, -0.1) is 0 Å². The molecule has 1 aliphatic rings. The highest BCUT2D eigenvalue weighted by Crippen LogP contribution is 2.41. The second-order valence-corrected chi connectivity index (χ2v) is 6.21. The van der Waals surface area contributed by atoms with Crippen LogP contribution < -0.4 is 0 Å². The number of aliphatic hydroxyl groups is 1. The summed E-state index contributed by atoms with van der Waals surface area (Å²) in [6.45, 7) is 13.6. The molecule has 0 heterocycles. The van der Waals surface area contributed by atoms with Crippen molar-refractivity contribution in [3.8, 4) is 0 Å². The fourth-order valence-electron chi connectivity index (χ4n) is 3.21. The molecule has 0 saturated heterocycles. The molecule has 102 valence electrons. The molecule has 1 fully saturated rings. The Balaban J connectivity index is 2.71. The lowest BCUT2D eigenvalue weighted by Crippen LogP contribution is -2.49. The average molecular weight is 241 g/mol. The number of rotatable bonds is 5. The lowest BCUT2D eigenvalue weighted by molar-refractivity contribution is -0.0174. The van der Waals surface area contributed by atoms with Gasteiger partial charge in [-0.05, 0) is 43.7 Å². The van der Waals surface area contributed by atoms with E-state index in [1.807, 2.05) is 0 Å². The summed E-state index contributed by atoms with van der Waals surface area (Å²) in [6, 6.07) is 0.384. The molecule has 17 heavy (non-hydrogen) atoms. The predicted molar refractivity (Wildman–Crippen MR) is 74.1 cm³/mol. The van der Waals surface area contributed by atoms with Crippen LogP contribution >= 0.6 is 0 Å². The number of aliphatic hydroxyl groups excluding tert-OH is 1. The predicted octanol–water partition coefficient (Wildman–Crippen LogP) is 3.29. The maximum Gasteiger partial charge on any atom is 0.0695 e. The molecule has 1 rings (SSSR count). The third kappa shape index (κ3) is 3.45. The molecule has 2 heteroatoms. The van der Waals surface area contributed by atoms with E-state index in [0.29, 0.717) is 11.5 Å². The van der Waals surface area contributed by atoms with Crippen molar-refractivity contribution in [1.82, 2.24) is 4.90 Å². The van der Waals surface area contributed by atoms with Crippen LogP contribution in [-0.2, 0) is 0 Å². The number of likely N-dealkylation sites (N-methyl/N-ethyl adjacent to an activating group) is 1. The summed E-state index contributed by atoms with van der Waals surface area (Å²) < 4.78 is 0. The Bertz CT molecular complexity index is 223. The van der Waals surface area contributed by atoms with Gasteiger partial charge < -0.3 is 5.11 Å². The highest BCUT2D eigenvalue weighted by Gasteiger charge is 2.38. The molecule has 1 aliphatic carbocycles. The monoisotopic (exact) mass is 241 g/mol. The molecule has 0 spiro atoms. The molecule has 0 aliphatic heterocycles. The smallest absolute Gasteiger partial charge is 0.0695 e. The third-order valence-corrected chi connectivity index (χ3v) is 5.08. The first-order valence-corrected chi connectivity index (χ1v) is 7.38. The van der Waals surface area contributed by atoms with Crippen LogP contribution in [0.5, 0.6) is 0 Å². The van der Waals surface area contributed by atoms with Crippen LogP contribution in [0.25, 0.3) is 0 Å². The van der Waals surface area contributed by atoms with Gasteiger partial charge in [-0.3, -0.25) is 4.90 Å². The summed E-state index contributed by atoms with van der Waals surface area (Å²) in [5, 5.41) is 10.2. The first-order chi connectivity index (χ1) is 7.96. The van der Waals surface area contributed by atoms with Crippen LogP contribution in [0.3, 0.4) is 0 Å². The van der Waals surface area contributed by atoms with Crippen LogP contribution in [0.4, 0.5) is 0 Å². The third-order valence-electron chi connectivity index (χ3n) is 5.08. The number of hydrogen-bond acceptors (Lipinski definition) is 2. The molecule has 0 aromatic rings. The SMILES string of the molecule is CCN(CC)C1CC(C(C)(C)CC)CCC1O. The topological polar surface area (TPSA) is 23.5 Å². The van der Waals surface area contributed by atoms with E-state index in [1.165, 1.54) is 19.3 Å². The molecular weight excluding hydrogens is 210 g/mol. The summed E-state index contributed by atoms with van der Waals surface area (Å²) in [6.07, 6.45) is 4.47. The zero-order valence-corrected chi connectivity index (χ0v) is 12.4. The number of hydrogen-bond donors (Lipinski definition) is 1. The Hall–Kier alpha value is -0.0800. The number of nitrogens with zero attached hydrogens (tertiary/aromatic N) is 1. The highest BCUT2D eigenvalue weighted by molar-refractivity contribution is 4.91. The van der Waals surface area contributed by atoms with Gasteiger partial charge in [-0.2, -0.15) is 0 Å². The zero-order chi connectivity index (χ0) is 13.1. The molecule has 0 aromatic heterocycles. The highest BCUT2D eigenvalue weighted by atomic mass is 16.3. The maximum absolute atomic E-state index is 10.2. The van der Waals surface area contributed by atoms with Crippen LogP contribution in [-0.4, -0.2) is 35.2 Å². The molecular formula is C15H31NO. The van der Waals surface area contributed by atoms with E-state index in [-0.39, 0.29) is 6.10 Å². The Morgan fingerprint density at radius 3 is 2.18 bits per heavy atom. The zero-order valence-electron chi connectivity index (χ0n) is 12.4. The molecule has 3 atom stereocenters. The average Bonchev–Trinajstić information content (AvgIpc) is 2.32. The van der Waals surface area contributed by atoms with E-state index in [1.54, 1.807) is 0 Å². The minimum Gasteiger partial charge on any atom is -0.391 e. The van der Waals surface area contributed by atoms with Gasteiger partial charge in [0.25, 0.3) is 0 Å². The molecule has 3 unspecified atom stereocenters. The normalized spacial score (nSPS) is 30.9. The summed E-state index contributed by atoms with van der Waals surface area (Å²) in [5.74, 6) is 0.765. The first kappa shape index (κ1) is 15.0. The summed E-state index contributed by atoms with van der Waals surface area (Å²) >= 11 is 0. The lowest BCUT2D eigenvalue weighted by Gasteiger charge is -2.45. The summed E-state index contributed by atoms with van der Waals surface area (Å²) in [5.41, 5.74) is 0.422. The quantitative estimate of drug-likeness (QED) is 0.798. The van der Waals surface area contributed by atoms with Crippen molar-refractivity contribution in [1.29, 1.82) is 0 Å². The molecule has 1 saturated carbocycles. The van der Waals surface area contributed by atoms with Crippen molar-refractivity contribution >= 4 is 0 Å². The largest absolute Gasteiger partial charge is 0.391 e. The van der Waals surface area contributed by atoms with E-state index in [2.05, 4.69) is 39.5 Å². The minimum absolute atomic E-state index is 0.112. The fraction of sp³-hybridized carbons (Fsp3) is 1.00. The molecule has 2 nitrogen and oxygen atoms in total. The second-order valence-electron chi connectivity index (χ2n) is 6.21. The van der Waals surface area contributed by atoms with Crippen molar-refractivity contribution in [2.45, 2.75) is 72.4 Å². The van der Waals surface area contributed by atoms with Crippen molar-refractivity contribution in [3.63, 3.8) is 0 Å². The first-order valence-electron chi connectivity index (χ1n) is 7.38. The fourth-order valence-corrected chi connectivity index (χ4v) is 3.21. The van der Waals surface area contributed by atoms with E-state index in [9.17, 15) is 5.11 Å². The van der Waals surface area contributed by atoms with Crippen molar-refractivity contribution in [3.05, 3.63) is 0 Å². The maximum atomic E-state index is 10.2. The van der Waals surface area contributed by atoms with E-state index >= 15 is 0 Å². The van der Waals surface area contributed by atoms with Crippen LogP contribution in [0.1, 0.15) is 60.3 Å². The standard InChI is InChI=1S/C15H31NO/c1-6-15(4,5)12-9-10-14(17)13(11-12)16(7-2)8-3/h12-14,17H,6-11H2,1-5H3. The van der Waals surface area contributed by atoms with Gasteiger partial charge in [0.2, 0.25) is 0 Å². The Labute approximate surface area is 107 Å². The van der Waals surface area contributed by atoms with Crippen LogP contribution in [0, 0.1) is 11.3 Å². The molecule has 0 bridgehead atoms. The van der Waals surface area contributed by atoms with Gasteiger partial charge in [0, 0.05) is 6.04 Å². The van der Waals surface area contributed by atoms with Crippen molar-refractivity contribution in [2.75, 3.05) is 13.1 Å². The van der Waals surface area contributed by atoms with Gasteiger partial charge in [0.1, 0.15) is 0 Å². The molecule has 0 amide bonds. The van der Waals surface area contributed by atoms with Crippen molar-refractivity contribution in [2.24, 2.45) is 11.3 Å². The van der Waals surface area contributed by atoms with Crippen molar-refractivity contribution < 1.29 is 5.11 Å². The van der Waals surface area contributed by atoms with Crippen LogP contribution in [0.15, 0.2) is 0 Å². The van der Waals surface area contributed by atoms with E-state index < -0.39 is 0 Å². The van der Waals surface area contributed by atoms with Gasteiger partial charge in [-0.25, -0.2) is 0 Å². The molecule has 0 radical (unpaired) electrons. The lowest BCUT2D eigenvalue weighted by atomic mass is 9.67. The Kier molecular flexibility index (Phi) is 5.46. The van der Waals surface area contributed by atoms with Gasteiger partial charge in [-0.1, -0.05) is 41.0 Å². The minimum atomic E-state index is -0.112. The molecule has 1 N–H and O–H groups in total. The van der Waals surface area contributed by atoms with Crippen LogP contribution in [0.2, 0.25) is 0 Å². The summed E-state index contributed by atoms with van der Waals surface area (Å²) in [7, 11) is 0. The van der Waals surface area contributed by atoms with E-state index in [4.69, 9.17) is 0 Å². The van der Waals surface area contributed by atoms with Gasteiger partial charge in [0.05, 0.1) is 6.10 Å². The van der Waals surface area contributed by atoms with Gasteiger partial charge >= 0.3 is 0 Å². The van der Waals surface area contributed by atoms with Gasteiger partial charge in [0.15, 0.2) is 0 Å². The van der Waals surface area contributed by atoms with E-state index in [0.717, 1.165) is 25.4 Å².